The van der Waals surface area contributed by atoms with Crippen LogP contribution in [0.1, 0.15) is 29.7 Å². The second kappa shape index (κ2) is 8.53. The normalized spacial score (nSPS) is 20.7. The van der Waals surface area contributed by atoms with E-state index in [1.54, 1.807) is 36.4 Å². The fourth-order valence-electron chi connectivity index (χ4n) is 4.74. The van der Waals surface area contributed by atoms with Gasteiger partial charge in [-0.05, 0) is 66.6 Å². The van der Waals surface area contributed by atoms with Gasteiger partial charge in [0, 0.05) is 16.5 Å². The number of aliphatic hydroxyl groups is 1. The maximum Gasteiger partial charge on any atom is 0.301 e. The highest BCUT2D eigenvalue weighted by Gasteiger charge is 2.48. The highest BCUT2D eigenvalue weighted by atomic mass is 79.9. The number of fused-ring (bicyclic) bond motifs is 2. The summed E-state index contributed by atoms with van der Waals surface area (Å²) in [5.74, 6) is -1.56. The highest BCUT2D eigenvalue weighted by molar-refractivity contribution is 9.10. The molecule has 6 nitrogen and oxygen atoms in total. The number of aromatic nitrogens is 1. The van der Waals surface area contributed by atoms with Crippen molar-refractivity contribution >= 4 is 60.1 Å². The van der Waals surface area contributed by atoms with Crippen LogP contribution < -0.4 is 9.64 Å². The second-order valence-electron chi connectivity index (χ2n) is 8.79. The maximum absolute atomic E-state index is 13.8. The van der Waals surface area contributed by atoms with Crippen molar-refractivity contribution in [2.75, 3.05) is 4.90 Å². The molecule has 1 aromatic heterocycles. The number of thiazole rings is 1. The summed E-state index contributed by atoms with van der Waals surface area (Å²) in [7, 11) is 0. The van der Waals surface area contributed by atoms with Crippen molar-refractivity contribution in [2.45, 2.75) is 25.5 Å². The summed E-state index contributed by atoms with van der Waals surface area (Å²) >= 11 is 4.57. The molecule has 36 heavy (non-hydrogen) atoms. The van der Waals surface area contributed by atoms with Gasteiger partial charge in [0.25, 0.3) is 5.78 Å². The molecule has 0 bridgehead atoms. The largest absolute Gasteiger partial charge is 0.507 e. The number of halogens is 2. The van der Waals surface area contributed by atoms with E-state index in [1.807, 2.05) is 13.0 Å². The van der Waals surface area contributed by atoms with Crippen LogP contribution in [0.2, 0.25) is 0 Å². The number of anilines is 1. The Morgan fingerprint density at radius 1 is 1.17 bits per heavy atom. The lowest BCUT2D eigenvalue weighted by Crippen LogP contribution is -2.29. The Balaban J connectivity index is 1.54. The molecular formula is C27H18BrFN2O4S. The van der Waals surface area contributed by atoms with Crippen molar-refractivity contribution in [1.82, 2.24) is 4.98 Å². The Kier molecular flexibility index (Phi) is 5.42. The first-order valence-electron chi connectivity index (χ1n) is 11.2. The minimum absolute atomic E-state index is 0.0218. The number of ketones is 1. The molecule has 0 spiro atoms. The number of aliphatic hydroxyl groups excluding tert-OH is 1. The van der Waals surface area contributed by atoms with E-state index in [9.17, 15) is 19.1 Å². The summed E-state index contributed by atoms with van der Waals surface area (Å²) in [6, 6.07) is 15.7. The van der Waals surface area contributed by atoms with Gasteiger partial charge in [-0.2, -0.15) is 0 Å². The molecule has 3 aromatic carbocycles. The maximum atomic E-state index is 13.8. The van der Waals surface area contributed by atoms with Crippen LogP contribution >= 0.6 is 27.3 Å². The fraction of sp³-hybridized carbons (Fsp3) is 0.148. The predicted molar refractivity (Wildman–Crippen MR) is 139 cm³/mol. The number of nitrogens with zero attached hydrogens (tertiary/aromatic N) is 2. The lowest BCUT2D eigenvalue weighted by molar-refractivity contribution is -0.132. The quantitative estimate of drug-likeness (QED) is 0.183. The summed E-state index contributed by atoms with van der Waals surface area (Å²) < 4.78 is 20.9. The molecule has 0 saturated carbocycles. The molecule has 2 atom stereocenters. The van der Waals surface area contributed by atoms with E-state index in [2.05, 4.69) is 20.9 Å². The molecule has 2 aliphatic heterocycles. The SMILES string of the molecule is C[C@@H]1Cc2cc(/C(O)=C3\C(=O)C(=O)N(c4nc5ccc(F)cc5s4)[C@@H]3c3cccc(Br)c3)ccc2O1. The van der Waals surface area contributed by atoms with E-state index >= 15 is 0 Å². The molecule has 9 heteroatoms. The number of hydrogen-bond donors (Lipinski definition) is 1. The van der Waals surface area contributed by atoms with Crippen LogP contribution in [0, 0.1) is 5.82 Å². The lowest BCUT2D eigenvalue weighted by Gasteiger charge is -2.23. The van der Waals surface area contributed by atoms with Crippen molar-refractivity contribution < 1.29 is 23.8 Å². The lowest BCUT2D eigenvalue weighted by atomic mass is 9.94. The van der Waals surface area contributed by atoms with Gasteiger partial charge in [0.15, 0.2) is 5.13 Å². The van der Waals surface area contributed by atoms with Crippen molar-refractivity contribution in [3.05, 3.63) is 93.2 Å². The Hall–Kier alpha value is -3.56. The molecule has 3 heterocycles. The molecule has 1 amide bonds. The van der Waals surface area contributed by atoms with Crippen LogP contribution in [-0.2, 0) is 16.0 Å². The van der Waals surface area contributed by atoms with Crippen LogP contribution in [0.15, 0.2) is 70.7 Å². The molecule has 0 radical (unpaired) electrons. The van der Waals surface area contributed by atoms with Crippen LogP contribution in [-0.4, -0.2) is 27.9 Å². The third kappa shape index (κ3) is 3.70. The van der Waals surface area contributed by atoms with Gasteiger partial charge in [-0.1, -0.05) is 39.4 Å². The topological polar surface area (TPSA) is 79.7 Å². The number of carbonyl (C=O) groups is 2. The number of amides is 1. The third-order valence-electron chi connectivity index (χ3n) is 6.32. The number of rotatable bonds is 3. The van der Waals surface area contributed by atoms with E-state index in [4.69, 9.17) is 4.74 Å². The first kappa shape index (κ1) is 22.9. The van der Waals surface area contributed by atoms with Crippen molar-refractivity contribution in [3.63, 3.8) is 0 Å². The summed E-state index contributed by atoms with van der Waals surface area (Å²) in [5.41, 5.74) is 2.45. The van der Waals surface area contributed by atoms with Crippen LogP contribution in [0.4, 0.5) is 9.52 Å². The monoisotopic (exact) mass is 564 g/mol. The smallest absolute Gasteiger partial charge is 0.301 e. The standard InChI is InChI=1S/C27H18BrFN2O4S/c1-13-9-16-10-15(5-8-20(16)35-13)24(32)22-23(14-3-2-4-17(28)11-14)31(26(34)25(22)33)27-30-19-7-6-18(29)12-21(19)36-27/h2-8,10-13,23,32H,9H2,1H3/b24-22+/t13-,23-/m1/s1. The van der Waals surface area contributed by atoms with Gasteiger partial charge in [-0.3, -0.25) is 14.5 Å². The van der Waals surface area contributed by atoms with E-state index < -0.39 is 23.5 Å². The molecule has 1 saturated heterocycles. The molecular weight excluding hydrogens is 547 g/mol. The molecule has 1 N–H and O–H groups in total. The third-order valence-corrected chi connectivity index (χ3v) is 7.83. The first-order valence-corrected chi connectivity index (χ1v) is 12.8. The Morgan fingerprint density at radius 3 is 2.81 bits per heavy atom. The minimum atomic E-state index is -0.920. The zero-order valence-electron chi connectivity index (χ0n) is 18.9. The van der Waals surface area contributed by atoms with Gasteiger partial charge in [0.05, 0.1) is 21.8 Å². The summed E-state index contributed by atoms with van der Waals surface area (Å²) in [5, 5.41) is 11.7. The minimum Gasteiger partial charge on any atom is -0.507 e. The van der Waals surface area contributed by atoms with Gasteiger partial charge in [0.1, 0.15) is 23.4 Å². The predicted octanol–water partition coefficient (Wildman–Crippen LogP) is 6.15. The van der Waals surface area contributed by atoms with E-state index in [1.165, 1.54) is 23.1 Å². The van der Waals surface area contributed by atoms with Gasteiger partial charge < -0.3 is 9.84 Å². The number of Topliss-reactive ketones (excluding diaryl/α,β-unsaturated/α-hetero) is 1. The summed E-state index contributed by atoms with van der Waals surface area (Å²) in [4.78, 5) is 32.6. The molecule has 1 fully saturated rings. The van der Waals surface area contributed by atoms with Gasteiger partial charge in [0.2, 0.25) is 0 Å². The number of carbonyl (C=O) groups excluding carboxylic acids is 2. The molecule has 0 unspecified atom stereocenters. The summed E-state index contributed by atoms with van der Waals surface area (Å²) in [6.07, 6.45) is 0.704. The Bertz CT molecular complexity index is 1610. The second-order valence-corrected chi connectivity index (χ2v) is 10.7. The molecule has 4 aromatic rings. The molecule has 0 aliphatic carbocycles. The van der Waals surface area contributed by atoms with Crippen LogP contribution in [0.5, 0.6) is 5.75 Å². The van der Waals surface area contributed by atoms with E-state index in [0.717, 1.165) is 27.1 Å². The van der Waals surface area contributed by atoms with Gasteiger partial charge in [-0.15, -0.1) is 0 Å². The van der Waals surface area contributed by atoms with Gasteiger partial charge in [-0.25, -0.2) is 9.37 Å². The fourth-order valence-corrected chi connectivity index (χ4v) is 6.17. The number of ether oxygens (including phenoxy) is 1. The summed E-state index contributed by atoms with van der Waals surface area (Å²) in [6.45, 7) is 1.96. The van der Waals surface area contributed by atoms with Crippen LogP contribution in [0.3, 0.4) is 0 Å². The van der Waals surface area contributed by atoms with E-state index in [0.29, 0.717) is 27.8 Å². The average Bonchev–Trinajstić information content (AvgIpc) is 3.50. The Morgan fingerprint density at radius 2 is 2.00 bits per heavy atom. The highest BCUT2D eigenvalue weighted by Crippen LogP contribution is 2.45. The zero-order valence-corrected chi connectivity index (χ0v) is 21.3. The van der Waals surface area contributed by atoms with E-state index in [-0.39, 0.29) is 22.6 Å². The van der Waals surface area contributed by atoms with Crippen LogP contribution in [0.25, 0.3) is 16.0 Å². The molecule has 6 rings (SSSR count). The molecule has 2 aliphatic rings. The number of benzene rings is 3. The van der Waals surface area contributed by atoms with Crippen molar-refractivity contribution in [2.24, 2.45) is 0 Å². The average molecular weight is 565 g/mol. The van der Waals surface area contributed by atoms with Gasteiger partial charge >= 0.3 is 5.91 Å². The molecule has 180 valence electrons. The first-order chi connectivity index (χ1) is 17.3. The number of hydrogen-bond acceptors (Lipinski definition) is 6. The Labute approximate surface area is 217 Å². The van der Waals surface area contributed by atoms with Crippen molar-refractivity contribution in [3.8, 4) is 5.75 Å². The van der Waals surface area contributed by atoms with Crippen molar-refractivity contribution in [1.29, 1.82) is 0 Å². The zero-order chi connectivity index (χ0) is 25.1.